The fourth-order valence-electron chi connectivity index (χ4n) is 3.72. The van der Waals surface area contributed by atoms with E-state index in [1.165, 1.54) is 4.90 Å². The van der Waals surface area contributed by atoms with E-state index in [9.17, 15) is 9.59 Å². The summed E-state index contributed by atoms with van der Waals surface area (Å²) in [5, 5.41) is 1.79. The second-order valence-electron chi connectivity index (χ2n) is 6.96. The molecule has 0 radical (unpaired) electrons. The number of imide groups is 1. The average Bonchev–Trinajstić information content (AvgIpc) is 3.26. The van der Waals surface area contributed by atoms with Crippen molar-refractivity contribution < 1.29 is 19.2 Å². The minimum absolute atomic E-state index is 0.240. The van der Waals surface area contributed by atoms with Gasteiger partial charge in [-0.15, -0.1) is 0 Å². The zero-order valence-corrected chi connectivity index (χ0v) is 15.4. The highest BCUT2D eigenvalue weighted by Crippen LogP contribution is 2.43. The maximum Gasteiger partial charge on any atom is 0.416 e. The van der Waals surface area contributed by atoms with Gasteiger partial charge in [-0.3, -0.25) is 9.63 Å². The third-order valence-electron chi connectivity index (χ3n) is 5.12. The molecule has 2 heterocycles. The molecule has 2 aliphatic rings. The standard InChI is InChI=1S/C21H22N2O4/c1-14-8-10-16(11-9-14)19-18(20(24)22-12-13-26-21(22)25)15(2)27-23(19)17-6-4-3-5-7-17/h3-11,15,18-19H,12-13H2,1-2H3/t15-,18-,19+/m0/s1. The van der Waals surface area contributed by atoms with Gasteiger partial charge in [0.15, 0.2) is 0 Å². The van der Waals surface area contributed by atoms with E-state index in [1.807, 2.05) is 68.4 Å². The van der Waals surface area contributed by atoms with Crippen molar-refractivity contribution in [2.24, 2.45) is 5.92 Å². The lowest BCUT2D eigenvalue weighted by Gasteiger charge is -2.28. The van der Waals surface area contributed by atoms with E-state index in [0.29, 0.717) is 0 Å². The van der Waals surface area contributed by atoms with Gasteiger partial charge in [0.2, 0.25) is 5.91 Å². The Morgan fingerprint density at radius 3 is 2.41 bits per heavy atom. The van der Waals surface area contributed by atoms with Crippen LogP contribution >= 0.6 is 0 Å². The van der Waals surface area contributed by atoms with Gasteiger partial charge in [0.05, 0.1) is 30.3 Å². The Kier molecular flexibility index (Phi) is 4.58. The molecule has 2 aliphatic heterocycles. The molecule has 0 aliphatic carbocycles. The SMILES string of the molecule is Cc1ccc([C@@H]2[C@@H](C(=O)N3CCOC3=O)[C@H](C)ON2c2ccccc2)cc1. The van der Waals surface area contributed by atoms with Crippen molar-refractivity contribution >= 4 is 17.7 Å². The van der Waals surface area contributed by atoms with Gasteiger partial charge in [-0.2, -0.15) is 0 Å². The zero-order valence-electron chi connectivity index (χ0n) is 15.4. The number of ether oxygens (including phenoxy) is 1. The van der Waals surface area contributed by atoms with Crippen LogP contribution in [0.25, 0.3) is 0 Å². The summed E-state index contributed by atoms with van der Waals surface area (Å²) in [5.41, 5.74) is 2.98. The van der Waals surface area contributed by atoms with Crippen LogP contribution in [0.15, 0.2) is 54.6 Å². The van der Waals surface area contributed by atoms with Crippen molar-refractivity contribution in [1.29, 1.82) is 0 Å². The van der Waals surface area contributed by atoms with Crippen LogP contribution < -0.4 is 5.06 Å². The fraction of sp³-hybridized carbons (Fsp3) is 0.333. The lowest BCUT2D eigenvalue weighted by molar-refractivity contribution is -0.133. The first-order valence-corrected chi connectivity index (χ1v) is 9.12. The normalized spacial score (nSPS) is 25.0. The van der Waals surface area contributed by atoms with Gasteiger partial charge >= 0.3 is 6.09 Å². The Morgan fingerprint density at radius 1 is 1.07 bits per heavy atom. The highest BCUT2D eigenvalue weighted by atomic mass is 16.7. The lowest BCUT2D eigenvalue weighted by Crippen LogP contribution is -2.41. The molecule has 140 valence electrons. The largest absolute Gasteiger partial charge is 0.447 e. The van der Waals surface area contributed by atoms with Crippen LogP contribution in [0.2, 0.25) is 0 Å². The van der Waals surface area contributed by atoms with Gasteiger partial charge in [0.25, 0.3) is 0 Å². The molecule has 0 aromatic heterocycles. The molecule has 0 N–H and O–H groups in total. The number of hydroxylamine groups is 1. The molecule has 6 nitrogen and oxygen atoms in total. The molecule has 27 heavy (non-hydrogen) atoms. The summed E-state index contributed by atoms with van der Waals surface area (Å²) in [6.07, 6.45) is -0.953. The van der Waals surface area contributed by atoms with E-state index in [-0.39, 0.29) is 31.2 Å². The fourth-order valence-corrected chi connectivity index (χ4v) is 3.72. The van der Waals surface area contributed by atoms with Crippen LogP contribution in [0.4, 0.5) is 10.5 Å². The summed E-state index contributed by atoms with van der Waals surface area (Å²) in [4.78, 5) is 32.5. The molecule has 2 aromatic carbocycles. The Labute approximate surface area is 158 Å². The monoisotopic (exact) mass is 366 g/mol. The summed E-state index contributed by atoms with van der Waals surface area (Å²) >= 11 is 0. The topological polar surface area (TPSA) is 59.1 Å². The number of rotatable bonds is 3. The smallest absolute Gasteiger partial charge is 0.416 e. The predicted octanol–water partition coefficient (Wildman–Crippen LogP) is 3.47. The maximum atomic E-state index is 13.2. The third kappa shape index (κ3) is 3.17. The molecule has 2 saturated heterocycles. The van der Waals surface area contributed by atoms with Crippen molar-refractivity contribution in [2.45, 2.75) is 26.0 Å². The van der Waals surface area contributed by atoms with Crippen molar-refractivity contribution in [3.63, 3.8) is 0 Å². The van der Waals surface area contributed by atoms with Gasteiger partial charge < -0.3 is 4.74 Å². The van der Waals surface area contributed by atoms with E-state index in [4.69, 9.17) is 9.57 Å². The van der Waals surface area contributed by atoms with Gasteiger partial charge in [-0.1, -0.05) is 48.0 Å². The molecule has 0 spiro atoms. The molecule has 2 aromatic rings. The Hall–Kier alpha value is -2.86. The van der Waals surface area contributed by atoms with Crippen molar-refractivity contribution in [3.8, 4) is 0 Å². The van der Waals surface area contributed by atoms with E-state index < -0.39 is 12.0 Å². The second kappa shape index (κ2) is 7.04. The number of carbonyl (C=O) groups excluding carboxylic acids is 2. The highest BCUT2D eigenvalue weighted by molar-refractivity contribution is 5.95. The zero-order chi connectivity index (χ0) is 19.0. The van der Waals surface area contributed by atoms with Crippen LogP contribution in [0.3, 0.4) is 0 Å². The van der Waals surface area contributed by atoms with Crippen LogP contribution in [0.5, 0.6) is 0 Å². The van der Waals surface area contributed by atoms with Crippen LogP contribution in [-0.2, 0) is 14.4 Å². The first-order chi connectivity index (χ1) is 13.1. The van der Waals surface area contributed by atoms with Gasteiger partial charge in [-0.25, -0.2) is 14.8 Å². The number of anilines is 1. The van der Waals surface area contributed by atoms with E-state index in [1.54, 1.807) is 5.06 Å². The summed E-state index contributed by atoms with van der Waals surface area (Å²) in [6, 6.07) is 17.4. The number of aryl methyl sites for hydroxylation is 1. The quantitative estimate of drug-likeness (QED) is 0.832. The van der Waals surface area contributed by atoms with Crippen molar-refractivity contribution in [2.75, 3.05) is 18.2 Å². The summed E-state index contributed by atoms with van der Waals surface area (Å²) < 4.78 is 4.96. The molecule has 0 unspecified atom stereocenters. The Morgan fingerprint density at radius 2 is 1.78 bits per heavy atom. The molecule has 2 fully saturated rings. The lowest BCUT2D eigenvalue weighted by atomic mass is 9.88. The number of amides is 2. The number of benzene rings is 2. The number of hydrogen-bond donors (Lipinski definition) is 0. The summed E-state index contributed by atoms with van der Waals surface area (Å²) in [6.45, 7) is 4.42. The first-order valence-electron chi connectivity index (χ1n) is 9.12. The maximum absolute atomic E-state index is 13.2. The van der Waals surface area contributed by atoms with Crippen molar-refractivity contribution in [1.82, 2.24) is 4.90 Å². The van der Waals surface area contributed by atoms with Crippen LogP contribution in [-0.4, -0.2) is 36.2 Å². The molecule has 2 amide bonds. The van der Waals surface area contributed by atoms with E-state index in [2.05, 4.69) is 0 Å². The van der Waals surface area contributed by atoms with Crippen LogP contribution in [0.1, 0.15) is 24.1 Å². The number of carbonyl (C=O) groups is 2. The molecule has 0 saturated carbocycles. The number of hydrogen-bond acceptors (Lipinski definition) is 5. The van der Waals surface area contributed by atoms with E-state index >= 15 is 0 Å². The van der Waals surface area contributed by atoms with Gasteiger partial charge in [0.1, 0.15) is 6.61 Å². The third-order valence-corrected chi connectivity index (χ3v) is 5.12. The number of nitrogens with zero attached hydrogens (tertiary/aromatic N) is 2. The first kappa shape index (κ1) is 17.5. The molecule has 4 rings (SSSR count). The van der Waals surface area contributed by atoms with Crippen molar-refractivity contribution in [3.05, 3.63) is 65.7 Å². The van der Waals surface area contributed by atoms with E-state index in [0.717, 1.165) is 16.8 Å². The van der Waals surface area contributed by atoms with Gasteiger partial charge in [0, 0.05) is 0 Å². The molecule has 0 bridgehead atoms. The predicted molar refractivity (Wildman–Crippen MR) is 99.9 cm³/mol. The van der Waals surface area contributed by atoms with Gasteiger partial charge in [-0.05, 0) is 31.5 Å². The summed E-state index contributed by atoms with van der Waals surface area (Å²) in [7, 11) is 0. The average molecular weight is 366 g/mol. The summed E-state index contributed by atoms with van der Waals surface area (Å²) in [5.74, 6) is -0.771. The Bertz CT molecular complexity index is 837. The Balaban J connectivity index is 1.75. The highest BCUT2D eigenvalue weighted by Gasteiger charge is 2.49. The molecule has 3 atom stereocenters. The minimum atomic E-state index is -0.576. The molecular formula is C21H22N2O4. The number of para-hydroxylation sites is 1. The molecular weight excluding hydrogens is 344 g/mol. The number of cyclic esters (lactones) is 1. The molecule has 6 heteroatoms. The van der Waals surface area contributed by atoms with Crippen LogP contribution in [0, 0.1) is 12.8 Å². The second-order valence-corrected chi connectivity index (χ2v) is 6.96. The minimum Gasteiger partial charge on any atom is -0.447 e.